The van der Waals surface area contributed by atoms with Gasteiger partial charge in [-0.15, -0.1) is 0 Å². The Hall–Kier alpha value is -0.610. The van der Waals surface area contributed by atoms with Gasteiger partial charge < -0.3 is 11.1 Å². The maximum Gasteiger partial charge on any atom is 0.237 e. The van der Waals surface area contributed by atoms with Gasteiger partial charge >= 0.3 is 0 Å². The minimum Gasteiger partial charge on any atom is -0.355 e. The highest BCUT2D eigenvalue weighted by Gasteiger charge is 2.43. The van der Waals surface area contributed by atoms with Gasteiger partial charge in [-0.1, -0.05) is 13.8 Å². The van der Waals surface area contributed by atoms with Crippen molar-refractivity contribution >= 4 is 5.91 Å². The number of nitrogens with zero attached hydrogens (tertiary/aromatic N) is 1. The van der Waals surface area contributed by atoms with Crippen molar-refractivity contribution in [3.05, 3.63) is 0 Å². The van der Waals surface area contributed by atoms with Crippen LogP contribution in [0.2, 0.25) is 0 Å². The lowest BCUT2D eigenvalue weighted by atomic mass is 9.96. The number of piperidine rings is 1. The number of hydrogen-bond donors (Lipinski definition) is 2. The van der Waals surface area contributed by atoms with Gasteiger partial charge in [0.05, 0.1) is 6.04 Å². The number of fused-ring (bicyclic) bond motifs is 2. The molecule has 2 bridgehead atoms. The Morgan fingerprint density at radius 2 is 1.84 bits per heavy atom. The molecule has 2 aliphatic rings. The van der Waals surface area contributed by atoms with Crippen molar-refractivity contribution in [3.8, 4) is 0 Å². The fourth-order valence-corrected chi connectivity index (χ4v) is 3.65. The molecule has 2 heterocycles. The van der Waals surface area contributed by atoms with Crippen LogP contribution >= 0.6 is 0 Å². The second-order valence-electron chi connectivity index (χ2n) is 6.71. The Bertz CT molecular complexity index is 305. The first-order chi connectivity index (χ1) is 8.99. The Kier molecular flexibility index (Phi) is 4.85. The van der Waals surface area contributed by atoms with Crippen molar-refractivity contribution in [3.63, 3.8) is 0 Å². The first kappa shape index (κ1) is 14.8. The molecule has 110 valence electrons. The molecule has 0 spiro atoms. The van der Waals surface area contributed by atoms with Crippen molar-refractivity contribution in [1.82, 2.24) is 10.2 Å². The van der Waals surface area contributed by atoms with Crippen molar-refractivity contribution in [1.29, 1.82) is 0 Å². The van der Waals surface area contributed by atoms with Gasteiger partial charge in [0.2, 0.25) is 5.91 Å². The van der Waals surface area contributed by atoms with Crippen LogP contribution in [-0.4, -0.2) is 41.5 Å². The Balaban J connectivity index is 1.86. The zero-order chi connectivity index (χ0) is 14.0. The molecule has 0 radical (unpaired) electrons. The van der Waals surface area contributed by atoms with Crippen LogP contribution in [0, 0.1) is 5.92 Å². The van der Waals surface area contributed by atoms with Gasteiger partial charge in [-0.2, -0.15) is 0 Å². The van der Waals surface area contributed by atoms with Crippen LogP contribution in [0.15, 0.2) is 0 Å². The number of nitrogens with one attached hydrogen (secondary N) is 1. The molecule has 2 aliphatic heterocycles. The average Bonchev–Trinajstić information content (AvgIpc) is 2.60. The zero-order valence-electron chi connectivity index (χ0n) is 12.6. The minimum absolute atomic E-state index is 0.00263. The van der Waals surface area contributed by atoms with E-state index in [0.29, 0.717) is 24.0 Å². The van der Waals surface area contributed by atoms with Gasteiger partial charge in [0, 0.05) is 24.7 Å². The molecule has 0 aromatic rings. The summed E-state index contributed by atoms with van der Waals surface area (Å²) in [4.78, 5) is 14.7. The van der Waals surface area contributed by atoms with E-state index in [1.165, 1.54) is 12.8 Å². The zero-order valence-corrected chi connectivity index (χ0v) is 12.6. The number of nitrogens with two attached hydrogens (primary N) is 1. The monoisotopic (exact) mass is 267 g/mol. The van der Waals surface area contributed by atoms with E-state index in [0.717, 1.165) is 25.8 Å². The predicted octanol–water partition coefficient (Wildman–Crippen LogP) is 1.49. The molecule has 19 heavy (non-hydrogen) atoms. The third-order valence-electron chi connectivity index (χ3n) is 4.67. The highest BCUT2D eigenvalue weighted by molar-refractivity contribution is 5.81. The number of hydrogen-bond acceptors (Lipinski definition) is 3. The van der Waals surface area contributed by atoms with E-state index >= 15 is 0 Å². The first-order valence-corrected chi connectivity index (χ1v) is 7.79. The number of carbonyl (C=O) groups is 1. The largest absolute Gasteiger partial charge is 0.355 e. The third-order valence-corrected chi connectivity index (χ3v) is 4.67. The molecule has 4 nitrogen and oxygen atoms in total. The lowest BCUT2D eigenvalue weighted by Crippen LogP contribution is -2.55. The number of amides is 1. The lowest BCUT2D eigenvalue weighted by Gasteiger charge is -2.40. The summed E-state index contributed by atoms with van der Waals surface area (Å²) < 4.78 is 0. The summed E-state index contributed by atoms with van der Waals surface area (Å²) in [6.45, 7) is 7.21. The van der Waals surface area contributed by atoms with Crippen LogP contribution in [0.1, 0.15) is 52.9 Å². The van der Waals surface area contributed by atoms with E-state index in [4.69, 9.17) is 5.73 Å². The molecule has 0 saturated carbocycles. The normalized spacial score (nSPS) is 32.6. The van der Waals surface area contributed by atoms with Crippen LogP contribution in [0.5, 0.6) is 0 Å². The smallest absolute Gasteiger partial charge is 0.237 e. The Morgan fingerprint density at radius 1 is 1.26 bits per heavy atom. The summed E-state index contributed by atoms with van der Waals surface area (Å²) in [6, 6.07) is 1.39. The molecule has 0 aliphatic carbocycles. The highest BCUT2D eigenvalue weighted by Crippen LogP contribution is 2.36. The summed E-state index contributed by atoms with van der Waals surface area (Å²) in [7, 11) is 0. The molecular weight excluding hydrogens is 238 g/mol. The van der Waals surface area contributed by atoms with Crippen LogP contribution < -0.4 is 11.1 Å². The van der Waals surface area contributed by atoms with Crippen molar-refractivity contribution in [2.75, 3.05) is 6.54 Å². The molecule has 3 atom stereocenters. The summed E-state index contributed by atoms with van der Waals surface area (Å²) in [6.07, 6.45) is 5.58. The second kappa shape index (κ2) is 6.23. The van der Waals surface area contributed by atoms with Gasteiger partial charge in [-0.25, -0.2) is 0 Å². The third kappa shape index (κ3) is 3.48. The van der Waals surface area contributed by atoms with Crippen LogP contribution in [0.25, 0.3) is 0 Å². The van der Waals surface area contributed by atoms with Crippen LogP contribution in [-0.2, 0) is 4.79 Å². The molecule has 3 unspecified atom stereocenters. The summed E-state index contributed by atoms with van der Waals surface area (Å²) in [5.74, 6) is 0.827. The summed E-state index contributed by atoms with van der Waals surface area (Å²) in [5.41, 5.74) is 6.08. The topological polar surface area (TPSA) is 58.4 Å². The van der Waals surface area contributed by atoms with Gasteiger partial charge in [0.25, 0.3) is 0 Å². The van der Waals surface area contributed by atoms with Gasteiger partial charge in [-0.3, -0.25) is 9.69 Å². The molecule has 2 rings (SSSR count). The lowest BCUT2D eigenvalue weighted by molar-refractivity contribution is -0.127. The maximum atomic E-state index is 12.2. The summed E-state index contributed by atoms with van der Waals surface area (Å²) >= 11 is 0. The molecule has 2 fully saturated rings. The average molecular weight is 267 g/mol. The summed E-state index contributed by atoms with van der Waals surface area (Å²) in [5, 5.41) is 3.08. The van der Waals surface area contributed by atoms with Crippen LogP contribution in [0.3, 0.4) is 0 Å². The van der Waals surface area contributed by atoms with E-state index in [-0.39, 0.29) is 11.9 Å². The standard InChI is InChI=1S/C15H29N3O/c1-10(2)6-7-17-15(19)11(3)18-13-4-5-14(18)9-12(16)8-13/h10-14H,4-9,16H2,1-3H3,(H,17,19). The maximum absolute atomic E-state index is 12.2. The molecule has 2 saturated heterocycles. The molecular formula is C15H29N3O. The molecule has 4 heteroatoms. The molecule has 3 N–H and O–H groups in total. The molecule has 1 amide bonds. The Morgan fingerprint density at radius 3 is 2.37 bits per heavy atom. The van der Waals surface area contributed by atoms with E-state index in [9.17, 15) is 4.79 Å². The molecule has 0 aromatic heterocycles. The fraction of sp³-hybridized carbons (Fsp3) is 0.933. The van der Waals surface area contributed by atoms with Crippen molar-refractivity contribution < 1.29 is 4.79 Å². The predicted molar refractivity (Wildman–Crippen MR) is 77.8 cm³/mol. The highest BCUT2D eigenvalue weighted by atomic mass is 16.2. The second-order valence-corrected chi connectivity index (χ2v) is 6.71. The number of carbonyl (C=O) groups excluding carboxylic acids is 1. The fourth-order valence-electron chi connectivity index (χ4n) is 3.65. The first-order valence-electron chi connectivity index (χ1n) is 7.79. The SMILES string of the molecule is CC(C)CCNC(=O)C(C)N1C2CCC1CC(N)C2. The Labute approximate surface area is 117 Å². The van der Waals surface area contributed by atoms with E-state index in [1.807, 2.05) is 6.92 Å². The van der Waals surface area contributed by atoms with E-state index in [1.54, 1.807) is 0 Å². The quantitative estimate of drug-likeness (QED) is 0.793. The van der Waals surface area contributed by atoms with Crippen molar-refractivity contribution in [2.24, 2.45) is 11.7 Å². The van der Waals surface area contributed by atoms with Gasteiger partial charge in [-0.05, 0) is 44.9 Å². The minimum atomic E-state index is -0.00263. The van der Waals surface area contributed by atoms with Gasteiger partial charge in [0.1, 0.15) is 0 Å². The number of rotatable bonds is 5. The van der Waals surface area contributed by atoms with Gasteiger partial charge in [0.15, 0.2) is 0 Å². The van der Waals surface area contributed by atoms with Crippen molar-refractivity contribution in [2.45, 2.75) is 77.0 Å². The van der Waals surface area contributed by atoms with E-state index < -0.39 is 0 Å². The van der Waals surface area contributed by atoms with Crippen LogP contribution in [0.4, 0.5) is 0 Å². The van der Waals surface area contributed by atoms with E-state index in [2.05, 4.69) is 24.1 Å². The molecule has 0 aromatic carbocycles.